The summed E-state index contributed by atoms with van der Waals surface area (Å²) >= 11 is 0. The van der Waals surface area contributed by atoms with E-state index in [2.05, 4.69) is 35.9 Å². The van der Waals surface area contributed by atoms with Gasteiger partial charge < -0.3 is 0 Å². The van der Waals surface area contributed by atoms with Crippen LogP contribution in [0.3, 0.4) is 0 Å². The van der Waals surface area contributed by atoms with Crippen molar-refractivity contribution in [2.24, 2.45) is 0 Å². The van der Waals surface area contributed by atoms with Crippen LogP contribution in [0.2, 0.25) is 0 Å². The normalized spacial score (nSPS) is 25.1. The van der Waals surface area contributed by atoms with Crippen LogP contribution in [0, 0.1) is 0 Å². The Morgan fingerprint density at radius 1 is 1.31 bits per heavy atom. The Morgan fingerprint density at radius 2 is 2.15 bits per heavy atom. The van der Waals surface area contributed by atoms with Gasteiger partial charge in [-0.1, -0.05) is 17.7 Å². The third-order valence-corrected chi connectivity index (χ3v) is 2.93. The zero-order valence-electron chi connectivity index (χ0n) is 8.58. The maximum absolute atomic E-state index is 2.51. The number of rotatable bonds is 2. The van der Waals surface area contributed by atoms with Crippen LogP contribution in [-0.2, 0) is 0 Å². The Hall–Kier alpha value is -0.600. The summed E-state index contributed by atoms with van der Waals surface area (Å²) in [5.41, 5.74) is 3.02. The van der Waals surface area contributed by atoms with Crippen LogP contribution in [0.4, 0.5) is 0 Å². The minimum atomic E-state index is 1.13. The molecule has 1 aliphatic heterocycles. The van der Waals surface area contributed by atoms with Crippen molar-refractivity contribution in [3.8, 4) is 0 Å². The first kappa shape index (κ1) is 8.97. The number of hydrogen-bond acceptors (Lipinski definition) is 2. The molecule has 1 fully saturated rings. The second-order valence-corrected chi connectivity index (χ2v) is 4.13. The first-order chi connectivity index (χ1) is 6.25. The highest BCUT2D eigenvalue weighted by molar-refractivity contribution is 5.36. The number of hydrogen-bond donors (Lipinski definition) is 0. The molecule has 0 atom stereocenters. The van der Waals surface area contributed by atoms with Gasteiger partial charge in [-0.2, -0.15) is 0 Å². The van der Waals surface area contributed by atoms with Gasteiger partial charge in [0.25, 0.3) is 0 Å². The Balaban J connectivity index is 1.88. The first-order valence-corrected chi connectivity index (χ1v) is 5.03. The summed E-state index contributed by atoms with van der Waals surface area (Å²) in [4.78, 5) is 4.88. The summed E-state index contributed by atoms with van der Waals surface area (Å²) in [6, 6.07) is 0. The van der Waals surface area contributed by atoms with Crippen LogP contribution in [0.15, 0.2) is 23.3 Å². The lowest BCUT2D eigenvalue weighted by molar-refractivity contribution is 0.293. The SMILES string of the molecule is CC1=CCC=C1CN1CCN(C)C1. The van der Waals surface area contributed by atoms with E-state index in [4.69, 9.17) is 0 Å². The molecular formula is C11H18N2. The van der Waals surface area contributed by atoms with Gasteiger partial charge >= 0.3 is 0 Å². The van der Waals surface area contributed by atoms with E-state index in [9.17, 15) is 0 Å². The minimum Gasteiger partial charge on any atom is -0.292 e. The Labute approximate surface area is 80.5 Å². The fourth-order valence-corrected chi connectivity index (χ4v) is 2.02. The van der Waals surface area contributed by atoms with Crippen LogP contribution < -0.4 is 0 Å². The van der Waals surface area contributed by atoms with Crippen LogP contribution in [0.25, 0.3) is 0 Å². The van der Waals surface area contributed by atoms with E-state index in [0.29, 0.717) is 0 Å². The summed E-state index contributed by atoms with van der Waals surface area (Å²) in [5, 5.41) is 0. The standard InChI is InChI=1S/C11H18N2/c1-10-4-3-5-11(10)8-13-7-6-12(2)9-13/h4-5H,3,6-9H2,1-2H3. The van der Waals surface area contributed by atoms with Crippen LogP contribution in [0.5, 0.6) is 0 Å². The van der Waals surface area contributed by atoms with Crippen molar-refractivity contribution < 1.29 is 0 Å². The molecule has 0 aromatic carbocycles. The van der Waals surface area contributed by atoms with Gasteiger partial charge in [0.05, 0.1) is 6.67 Å². The predicted octanol–water partition coefficient (Wildman–Crippen LogP) is 1.47. The molecular weight excluding hydrogens is 160 g/mol. The van der Waals surface area contributed by atoms with Gasteiger partial charge in [-0.25, -0.2) is 0 Å². The van der Waals surface area contributed by atoms with E-state index in [-0.39, 0.29) is 0 Å². The molecule has 0 saturated carbocycles. The predicted molar refractivity (Wildman–Crippen MR) is 55.5 cm³/mol. The highest BCUT2D eigenvalue weighted by Gasteiger charge is 2.18. The van der Waals surface area contributed by atoms with Gasteiger partial charge in [0.1, 0.15) is 0 Å². The maximum Gasteiger partial charge on any atom is 0.0507 e. The van der Waals surface area contributed by atoms with Crippen LogP contribution in [0.1, 0.15) is 13.3 Å². The molecule has 0 spiro atoms. The van der Waals surface area contributed by atoms with Crippen molar-refractivity contribution in [2.45, 2.75) is 13.3 Å². The van der Waals surface area contributed by atoms with Crippen LogP contribution >= 0.6 is 0 Å². The van der Waals surface area contributed by atoms with E-state index < -0.39 is 0 Å². The zero-order chi connectivity index (χ0) is 9.26. The quantitative estimate of drug-likeness (QED) is 0.632. The van der Waals surface area contributed by atoms with Gasteiger partial charge in [0.15, 0.2) is 0 Å². The average molecular weight is 178 g/mol. The number of likely N-dealkylation sites (N-methyl/N-ethyl adjacent to an activating group) is 1. The molecule has 0 radical (unpaired) electrons. The third-order valence-electron chi connectivity index (χ3n) is 2.93. The molecule has 0 amide bonds. The van der Waals surface area contributed by atoms with E-state index in [1.165, 1.54) is 24.2 Å². The van der Waals surface area contributed by atoms with Gasteiger partial charge in [-0.15, -0.1) is 0 Å². The molecule has 0 bridgehead atoms. The van der Waals surface area contributed by atoms with E-state index >= 15 is 0 Å². The first-order valence-electron chi connectivity index (χ1n) is 5.03. The topological polar surface area (TPSA) is 6.48 Å². The van der Waals surface area contributed by atoms with Crippen LogP contribution in [-0.4, -0.2) is 43.2 Å². The van der Waals surface area contributed by atoms with Crippen molar-refractivity contribution in [3.63, 3.8) is 0 Å². The van der Waals surface area contributed by atoms with E-state index in [0.717, 1.165) is 19.6 Å². The molecule has 72 valence electrons. The van der Waals surface area contributed by atoms with Crippen molar-refractivity contribution in [1.29, 1.82) is 0 Å². The minimum absolute atomic E-state index is 1.13. The van der Waals surface area contributed by atoms with E-state index in [1.54, 1.807) is 0 Å². The molecule has 2 heteroatoms. The molecule has 0 aromatic heterocycles. The van der Waals surface area contributed by atoms with Crippen molar-refractivity contribution >= 4 is 0 Å². The lowest BCUT2D eigenvalue weighted by Gasteiger charge is -2.16. The number of nitrogens with zero attached hydrogens (tertiary/aromatic N) is 2. The number of allylic oxidation sites excluding steroid dienone is 2. The van der Waals surface area contributed by atoms with Gasteiger partial charge in [-0.05, 0) is 26.0 Å². The smallest absolute Gasteiger partial charge is 0.0507 e. The lowest BCUT2D eigenvalue weighted by Crippen LogP contribution is -2.25. The maximum atomic E-state index is 2.51. The van der Waals surface area contributed by atoms with Crippen molar-refractivity contribution in [3.05, 3.63) is 23.3 Å². The highest BCUT2D eigenvalue weighted by atomic mass is 15.4. The molecule has 0 N–H and O–H groups in total. The Bertz CT molecular complexity index is 253. The molecule has 2 rings (SSSR count). The lowest BCUT2D eigenvalue weighted by atomic mass is 10.1. The zero-order valence-corrected chi connectivity index (χ0v) is 8.58. The largest absolute Gasteiger partial charge is 0.292 e. The van der Waals surface area contributed by atoms with Crippen molar-refractivity contribution in [1.82, 2.24) is 9.80 Å². The third kappa shape index (κ3) is 2.01. The monoisotopic (exact) mass is 178 g/mol. The van der Waals surface area contributed by atoms with Gasteiger partial charge in [-0.3, -0.25) is 9.80 Å². The summed E-state index contributed by atoms with van der Waals surface area (Å²) in [6.07, 6.45) is 5.81. The second kappa shape index (κ2) is 3.64. The fourth-order valence-electron chi connectivity index (χ4n) is 2.02. The molecule has 2 aliphatic rings. The Kier molecular flexibility index (Phi) is 2.51. The molecule has 13 heavy (non-hydrogen) atoms. The Morgan fingerprint density at radius 3 is 2.69 bits per heavy atom. The molecule has 2 nitrogen and oxygen atoms in total. The summed E-state index contributed by atoms with van der Waals surface area (Å²) in [5.74, 6) is 0. The summed E-state index contributed by atoms with van der Waals surface area (Å²) in [7, 11) is 2.19. The molecule has 1 aliphatic carbocycles. The fraction of sp³-hybridized carbons (Fsp3) is 0.636. The average Bonchev–Trinajstić information content (AvgIpc) is 2.64. The second-order valence-electron chi connectivity index (χ2n) is 4.13. The molecule has 1 saturated heterocycles. The molecule has 0 unspecified atom stereocenters. The summed E-state index contributed by atoms with van der Waals surface area (Å²) in [6.45, 7) is 6.94. The van der Waals surface area contributed by atoms with E-state index in [1.807, 2.05) is 0 Å². The molecule has 0 aromatic rings. The van der Waals surface area contributed by atoms with Gasteiger partial charge in [0.2, 0.25) is 0 Å². The van der Waals surface area contributed by atoms with Crippen molar-refractivity contribution in [2.75, 3.05) is 33.4 Å². The highest BCUT2D eigenvalue weighted by Crippen LogP contribution is 2.20. The molecule has 1 heterocycles. The summed E-state index contributed by atoms with van der Waals surface area (Å²) < 4.78 is 0. The van der Waals surface area contributed by atoms with Gasteiger partial charge in [0, 0.05) is 19.6 Å².